The highest BCUT2D eigenvalue weighted by molar-refractivity contribution is 6.11. The lowest BCUT2D eigenvalue weighted by Gasteiger charge is -2.12. The Hall–Kier alpha value is -3.80. The van der Waals surface area contributed by atoms with E-state index in [-0.39, 0.29) is 11.5 Å². The lowest BCUT2D eigenvalue weighted by molar-refractivity contribution is 0.102. The molecule has 27 heavy (non-hydrogen) atoms. The van der Waals surface area contributed by atoms with Gasteiger partial charge in [-0.25, -0.2) is 9.97 Å². The maximum Gasteiger partial charge on any atom is 0.261 e. The number of anilines is 1. The average molecular weight is 356 g/mol. The summed E-state index contributed by atoms with van der Waals surface area (Å²) in [4.78, 5) is 34.4. The first-order valence-electron chi connectivity index (χ1n) is 8.43. The summed E-state index contributed by atoms with van der Waals surface area (Å²) in [7, 11) is 1.68. The van der Waals surface area contributed by atoms with E-state index in [1.54, 1.807) is 49.6 Å². The van der Waals surface area contributed by atoms with E-state index in [1.807, 2.05) is 30.3 Å². The first kappa shape index (κ1) is 16.7. The molecule has 0 unspecified atom stereocenters. The monoisotopic (exact) mass is 356 g/mol. The molecule has 2 aromatic carbocycles. The molecule has 2 aromatic heterocycles. The highest BCUT2D eigenvalue weighted by Crippen LogP contribution is 2.21. The Morgan fingerprint density at radius 1 is 0.963 bits per heavy atom. The van der Waals surface area contributed by atoms with Crippen LogP contribution in [0.2, 0.25) is 0 Å². The highest BCUT2D eigenvalue weighted by Gasteiger charge is 2.17. The summed E-state index contributed by atoms with van der Waals surface area (Å²) in [5.41, 5.74) is 1.30. The normalized spacial score (nSPS) is 10.7. The van der Waals surface area contributed by atoms with Crippen LogP contribution in [0.3, 0.4) is 0 Å². The van der Waals surface area contributed by atoms with Crippen molar-refractivity contribution in [2.45, 2.75) is 0 Å². The maximum atomic E-state index is 12.8. The molecule has 6 nitrogen and oxygen atoms in total. The largest absolute Gasteiger partial charge is 0.306 e. The molecule has 2 heterocycles. The van der Waals surface area contributed by atoms with Gasteiger partial charge in [-0.15, -0.1) is 0 Å². The van der Waals surface area contributed by atoms with Crippen LogP contribution in [0.1, 0.15) is 10.4 Å². The molecule has 1 amide bonds. The minimum absolute atomic E-state index is 0.202. The molecule has 0 fully saturated rings. The molecule has 0 spiro atoms. The zero-order valence-corrected chi connectivity index (χ0v) is 14.6. The average Bonchev–Trinajstić information content (AvgIpc) is 2.71. The van der Waals surface area contributed by atoms with E-state index >= 15 is 0 Å². The topological polar surface area (TPSA) is 76.9 Å². The van der Waals surface area contributed by atoms with Crippen molar-refractivity contribution in [3.8, 4) is 11.4 Å². The van der Waals surface area contributed by atoms with Crippen molar-refractivity contribution in [2.24, 2.45) is 7.05 Å². The number of para-hydroxylation sites is 1. The predicted octanol–water partition coefficient (Wildman–Crippen LogP) is 3.25. The van der Waals surface area contributed by atoms with Crippen molar-refractivity contribution in [3.05, 3.63) is 88.8 Å². The molecule has 0 saturated heterocycles. The Kier molecular flexibility index (Phi) is 4.22. The van der Waals surface area contributed by atoms with Crippen molar-refractivity contribution in [1.82, 2.24) is 14.5 Å². The number of hydrogen-bond donors (Lipinski definition) is 1. The van der Waals surface area contributed by atoms with Crippen LogP contribution in [0.4, 0.5) is 5.82 Å². The summed E-state index contributed by atoms with van der Waals surface area (Å²) in [6, 6.07) is 19.7. The van der Waals surface area contributed by atoms with Crippen LogP contribution in [0.25, 0.3) is 22.3 Å². The van der Waals surface area contributed by atoms with Crippen LogP contribution in [0, 0.1) is 0 Å². The van der Waals surface area contributed by atoms with Gasteiger partial charge >= 0.3 is 0 Å². The second-order valence-corrected chi connectivity index (χ2v) is 6.04. The van der Waals surface area contributed by atoms with E-state index < -0.39 is 0 Å². The first-order chi connectivity index (χ1) is 13.1. The Balaban J connectivity index is 1.88. The maximum absolute atomic E-state index is 12.8. The van der Waals surface area contributed by atoms with E-state index in [1.165, 1.54) is 4.57 Å². The number of fused-ring (bicyclic) bond motifs is 1. The number of nitrogens with zero attached hydrogens (tertiary/aromatic N) is 3. The summed E-state index contributed by atoms with van der Waals surface area (Å²) in [5.74, 6) is 0.580. The summed E-state index contributed by atoms with van der Waals surface area (Å²) in [6.45, 7) is 0. The van der Waals surface area contributed by atoms with Crippen LogP contribution >= 0.6 is 0 Å². The number of pyridine rings is 1. The van der Waals surface area contributed by atoms with E-state index in [9.17, 15) is 9.59 Å². The van der Waals surface area contributed by atoms with Gasteiger partial charge in [0.1, 0.15) is 11.6 Å². The summed E-state index contributed by atoms with van der Waals surface area (Å²) in [5, 5.41) is 3.14. The Morgan fingerprint density at radius 2 is 1.74 bits per heavy atom. The Labute approximate surface area is 155 Å². The van der Waals surface area contributed by atoms with Crippen LogP contribution in [-0.4, -0.2) is 20.4 Å². The quantitative estimate of drug-likeness (QED) is 0.611. The number of carbonyl (C=O) groups excluding carboxylic acids is 1. The van der Waals surface area contributed by atoms with Gasteiger partial charge < -0.3 is 5.32 Å². The second-order valence-electron chi connectivity index (χ2n) is 6.04. The molecule has 0 aliphatic rings. The third kappa shape index (κ3) is 3.08. The molecule has 0 bridgehead atoms. The van der Waals surface area contributed by atoms with Crippen molar-refractivity contribution in [3.63, 3.8) is 0 Å². The van der Waals surface area contributed by atoms with Gasteiger partial charge in [-0.1, -0.05) is 42.5 Å². The zero-order chi connectivity index (χ0) is 18.8. The predicted molar refractivity (Wildman–Crippen MR) is 105 cm³/mol. The Morgan fingerprint density at radius 3 is 2.48 bits per heavy atom. The van der Waals surface area contributed by atoms with Gasteiger partial charge in [0.2, 0.25) is 0 Å². The van der Waals surface area contributed by atoms with Crippen molar-refractivity contribution >= 4 is 22.6 Å². The van der Waals surface area contributed by atoms with Gasteiger partial charge in [-0.05, 0) is 24.3 Å². The van der Waals surface area contributed by atoms with Gasteiger partial charge in [0.05, 0.1) is 16.5 Å². The number of hydrogen-bond acceptors (Lipinski definition) is 4. The van der Waals surface area contributed by atoms with Gasteiger partial charge in [0, 0.05) is 18.8 Å². The molecule has 0 radical (unpaired) electrons. The highest BCUT2D eigenvalue weighted by atomic mass is 16.2. The summed E-state index contributed by atoms with van der Waals surface area (Å²) in [6.07, 6.45) is 1.60. The molecule has 0 atom stereocenters. The number of nitrogens with one attached hydrogen (secondary N) is 1. The smallest absolute Gasteiger partial charge is 0.261 e. The molecule has 0 aliphatic heterocycles. The van der Waals surface area contributed by atoms with E-state index in [0.717, 1.165) is 5.56 Å². The van der Waals surface area contributed by atoms with Crippen molar-refractivity contribution in [2.75, 3.05) is 5.32 Å². The van der Waals surface area contributed by atoms with Crippen molar-refractivity contribution in [1.29, 1.82) is 0 Å². The number of aromatic nitrogens is 3. The van der Waals surface area contributed by atoms with Crippen LogP contribution in [0.5, 0.6) is 0 Å². The van der Waals surface area contributed by atoms with Gasteiger partial charge in [-0.3, -0.25) is 14.2 Å². The SMILES string of the molecule is Cn1c(-c2ccccc2)nc2c(C(=O)Nc3ccccn3)cccc2c1=O. The molecular formula is C21H16N4O2. The summed E-state index contributed by atoms with van der Waals surface area (Å²) >= 11 is 0. The van der Waals surface area contributed by atoms with Crippen LogP contribution < -0.4 is 10.9 Å². The minimum atomic E-state index is -0.362. The summed E-state index contributed by atoms with van der Waals surface area (Å²) < 4.78 is 1.50. The third-order valence-corrected chi connectivity index (χ3v) is 4.29. The van der Waals surface area contributed by atoms with E-state index in [2.05, 4.69) is 15.3 Å². The van der Waals surface area contributed by atoms with Crippen LogP contribution in [0.15, 0.2) is 77.7 Å². The second kappa shape index (κ2) is 6.84. The van der Waals surface area contributed by atoms with Gasteiger partial charge in [-0.2, -0.15) is 0 Å². The fourth-order valence-corrected chi connectivity index (χ4v) is 2.94. The molecule has 4 rings (SSSR count). The first-order valence-corrected chi connectivity index (χ1v) is 8.43. The number of amides is 1. The van der Waals surface area contributed by atoms with E-state index in [4.69, 9.17) is 0 Å². The number of rotatable bonds is 3. The number of benzene rings is 2. The molecule has 132 valence electrons. The fraction of sp³-hybridized carbons (Fsp3) is 0.0476. The standard InChI is InChI=1S/C21H16N4O2/c1-25-19(14-8-3-2-4-9-14)24-18-15(10-7-11-16(18)21(25)27)20(26)23-17-12-5-6-13-22-17/h2-13H,1H3,(H,22,23,26). The molecule has 0 aliphatic carbocycles. The molecule has 6 heteroatoms. The van der Waals surface area contributed by atoms with Gasteiger partial charge in [0.15, 0.2) is 0 Å². The molecule has 0 saturated carbocycles. The third-order valence-electron chi connectivity index (χ3n) is 4.29. The minimum Gasteiger partial charge on any atom is -0.306 e. The zero-order valence-electron chi connectivity index (χ0n) is 14.6. The number of carbonyl (C=O) groups is 1. The lowest BCUT2D eigenvalue weighted by atomic mass is 10.1. The lowest BCUT2D eigenvalue weighted by Crippen LogP contribution is -2.22. The van der Waals surface area contributed by atoms with E-state index in [0.29, 0.717) is 28.1 Å². The molecule has 1 N–H and O–H groups in total. The van der Waals surface area contributed by atoms with Gasteiger partial charge in [0.25, 0.3) is 11.5 Å². The Bertz CT molecular complexity index is 1190. The molecular weight excluding hydrogens is 340 g/mol. The van der Waals surface area contributed by atoms with Crippen LogP contribution in [-0.2, 0) is 7.05 Å². The van der Waals surface area contributed by atoms with Crippen molar-refractivity contribution < 1.29 is 4.79 Å². The molecule has 4 aromatic rings. The fourth-order valence-electron chi connectivity index (χ4n) is 2.94.